The van der Waals surface area contributed by atoms with Crippen LogP contribution in [0.15, 0.2) is 29.3 Å². The van der Waals surface area contributed by atoms with E-state index in [0.29, 0.717) is 5.00 Å². The number of sulfonamides is 1. The van der Waals surface area contributed by atoms with Crippen LogP contribution in [0.3, 0.4) is 0 Å². The number of hydrogen-bond acceptors (Lipinski definition) is 5. The number of carboxylic acids is 1. The molecule has 0 unspecified atom stereocenters. The smallest absolute Gasteiger partial charge is 0.345 e. The van der Waals surface area contributed by atoms with Crippen molar-refractivity contribution in [3.05, 3.63) is 35.0 Å². The molecule has 8 nitrogen and oxygen atoms in total. The Kier molecular flexibility index (Phi) is 3.85. The summed E-state index contributed by atoms with van der Waals surface area (Å²) < 4.78 is 23.8. The van der Waals surface area contributed by atoms with Gasteiger partial charge in [-0.05, 0) is 18.2 Å². The van der Waals surface area contributed by atoms with E-state index in [1.807, 2.05) is 0 Å². The fourth-order valence-corrected chi connectivity index (χ4v) is 2.93. The fraction of sp³-hybridized carbons (Fsp3) is 0.0909. The highest BCUT2D eigenvalue weighted by Gasteiger charge is 2.18. The average molecular weight is 329 g/mol. The van der Waals surface area contributed by atoms with Gasteiger partial charge < -0.3 is 15.0 Å². The maximum Gasteiger partial charge on any atom is 0.345 e. The van der Waals surface area contributed by atoms with Crippen molar-refractivity contribution >= 4 is 38.2 Å². The molecular weight excluding hydrogens is 318 g/mol. The Morgan fingerprint density at radius 1 is 1.38 bits per heavy atom. The molecule has 0 fully saturated rings. The largest absolute Gasteiger partial charge is 0.477 e. The number of anilines is 1. The van der Waals surface area contributed by atoms with Crippen LogP contribution in [0.1, 0.15) is 20.2 Å². The molecule has 4 N–H and O–H groups in total. The van der Waals surface area contributed by atoms with E-state index in [2.05, 4.69) is 5.32 Å². The van der Waals surface area contributed by atoms with Gasteiger partial charge in [-0.15, -0.1) is 11.3 Å². The highest BCUT2D eigenvalue weighted by atomic mass is 32.2. The summed E-state index contributed by atoms with van der Waals surface area (Å²) in [5.74, 6) is -1.65. The van der Waals surface area contributed by atoms with Gasteiger partial charge in [0, 0.05) is 13.2 Å². The zero-order chi connectivity index (χ0) is 15.8. The van der Waals surface area contributed by atoms with Gasteiger partial charge in [0.1, 0.15) is 15.5 Å². The summed E-state index contributed by atoms with van der Waals surface area (Å²) in [6, 6.07) is 3.97. The molecule has 1 amide bonds. The predicted octanol–water partition coefficient (Wildman–Crippen LogP) is 0.684. The molecule has 21 heavy (non-hydrogen) atoms. The van der Waals surface area contributed by atoms with E-state index in [4.69, 9.17) is 10.2 Å². The number of carbonyl (C=O) groups excluding carboxylic acids is 1. The Bertz CT molecular complexity index is 819. The number of rotatable bonds is 4. The minimum absolute atomic E-state index is 0.0856. The summed E-state index contributed by atoms with van der Waals surface area (Å²) in [7, 11) is -2.39. The lowest BCUT2D eigenvalue weighted by molar-refractivity contribution is 0.0702. The summed E-state index contributed by atoms with van der Waals surface area (Å²) in [6.45, 7) is 0. The number of aromatic nitrogens is 1. The van der Waals surface area contributed by atoms with Crippen LogP contribution in [0.4, 0.5) is 5.00 Å². The van der Waals surface area contributed by atoms with Crippen LogP contribution in [0.5, 0.6) is 0 Å². The van der Waals surface area contributed by atoms with Gasteiger partial charge in [-0.25, -0.2) is 18.4 Å². The van der Waals surface area contributed by atoms with Gasteiger partial charge in [-0.3, -0.25) is 4.79 Å². The standard InChI is InChI=1S/C11H11N3O5S2/c1-14-5-6(21(12,18)19)4-7(14)10(15)13-9-3-2-8(20-9)11(16)17/h2-5H,1H3,(H,13,15)(H,16,17)(H2,12,18,19). The second kappa shape index (κ2) is 5.31. The van der Waals surface area contributed by atoms with E-state index in [1.54, 1.807) is 0 Å². The molecule has 0 aliphatic heterocycles. The minimum Gasteiger partial charge on any atom is -0.477 e. The van der Waals surface area contributed by atoms with Crippen LogP contribution in [0, 0.1) is 0 Å². The van der Waals surface area contributed by atoms with Crippen LogP contribution in [0.2, 0.25) is 0 Å². The first kappa shape index (κ1) is 15.2. The molecular formula is C11H11N3O5S2. The molecule has 2 rings (SSSR count). The Morgan fingerprint density at radius 3 is 2.52 bits per heavy atom. The Hall–Kier alpha value is -2.17. The Morgan fingerprint density at radius 2 is 2.05 bits per heavy atom. The lowest BCUT2D eigenvalue weighted by Gasteiger charge is -2.02. The van der Waals surface area contributed by atoms with E-state index in [9.17, 15) is 18.0 Å². The van der Waals surface area contributed by atoms with E-state index >= 15 is 0 Å². The third-order valence-electron chi connectivity index (χ3n) is 2.59. The van der Waals surface area contributed by atoms with Crippen molar-refractivity contribution in [3.63, 3.8) is 0 Å². The van der Waals surface area contributed by atoms with Crippen LogP contribution in [0.25, 0.3) is 0 Å². The maximum atomic E-state index is 12.0. The van der Waals surface area contributed by atoms with Crippen molar-refractivity contribution in [1.29, 1.82) is 0 Å². The number of carbonyl (C=O) groups is 2. The van der Waals surface area contributed by atoms with Gasteiger partial charge >= 0.3 is 5.97 Å². The van der Waals surface area contributed by atoms with E-state index in [1.165, 1.54) is 29.9 Å². The third-order valence-corrected chi connectivity index (χ3v) is 4.46. The second-order valence-electron chi connectivity index (χ2n) is 4.14. The topological polar surface area (TPSA) is 131 Å². The Labute approximate surface area is 123 Å². The summed E-state index contributed by atoms with van der Waals surface area (Å²) in [4.78, 5) is 22.7. The molecule has 0 bridgehead atoms. The molecule has 112 valence electrons. The first-order chi connectivity index (χ1) is 9.68. The molecule has 2 aromatic rings. The number of thiophene rings is 1. The number of primary sulfonamides is 1. The zero-order valence-electron chi connectivity index (χ0n) is 10.7. The van der Waals surface area contributed by atoms with Crippen molar-refractivity contribution < 1.29 is 23.1 Å². The van der Waals surface area contributed by atoms with Gasteiger partial charge in [0.15, 0.2) is 0 Å². The van der Waals surface area contributed by atoms with Crippen LogP contribution >= 0.6 is 11.3 Å². The average Bonchev–Trinajstić information content (AvgIpc) is 2.94. The van der Waals surface area contributed by atoms with Crippen LogP contribution < -0.4 is 10.5 Å². The van der Waals surface area contributed by atoms with Crippen molar-refractivity contribution in [2.75, 3.05) is 5.32 Å². The Balaban J connectivity index is 2.24. The molecule has 0 saturated heterocycles. The van der Waals surface area contributed by atoms with Crippen LogP contribution in [-0.2, 0) is 17.1 Å². The molecule has 0 atom stereocenters. The number of amides is 1. The van der Waals surface area contributed by atoms with Gasteiger partial charge in [0.05, 0.1) is 5.00 Å². The number of nitrogens with one attached hydrogen (secondary N) is 1. The van der Waals surface area contributed by atoms with Gasteiger partial charge in [0.2, 0.25) is 10.0 Å². The SMILES string of the molecule is Cn1cc(S(N)(=O)=O)cc1C(=O)Nc1ccc(C(=O)O)s1. The van der Waals surface area contributed by atoms with Gasteiger partial charge in [0.25, 0.3) is 5.91 Å². The van der Waals surface area contributed by atoms with Crippen molar-refractivity contribution in [2.24, 2.45) is 12.2 Å². The fourth-order valence-electron chi connectivity index (χ4n) is 1.61. The number of nitrogens with two attached hydrogens (primary N) is 1. The highest BCUT2D eigenvalue weighted by Crippen LogP contribution is 2.23. The van der Waals surface area contributed by atoms with Crippen molar-refractivity contribution in [2.45, 2.75) is 4.90 Å². The second-order valence-corrected chi connectivity index (χ2v) is 6.79. The lowest BCUT2D eigenvalue weighted by Crippen LogP contribution is -2.14. The number of aromatic carboxylic acids is 1. The monoisotopic (exact) mass is 329 g/mol. The molecule has 0 aromatic carbocycles. The van der Waals surface area contributed by atoms with Crippen LogP contribution in [-0.4, -0.2) is 30.0 Å². The van der Waals surface area contributed by atoms with E-state index in [0.717, 1.165) is 17.4 Å². The molecule has 0 spiro atoms. The number of aryl methyl sites for hydroxylation is 1. The van der Waals surface area contributed by atoms with Crippen molar-refractivity contribution in [3.8, 4) is 0 Å². The molecule has 0 saturated carbocycles. The third kappa shape index (κ3) is 3.29. The predicted molar refractivity (Wildman–Crippen MR) is 76.0 cm³/mol. The number of carboxylic acid groups (broad SMARTS) is 1. The first-order valence-electron chi connectivity index (χ1n) is 5.52. The molecule has 10 heteroatoms. The summed E-state index contributed by atoms with van der Waals surface area (Å²) in [6.07, 6.45) is 1.22. The molecule has 2 aromatic heterocycles. The van der Waals surface area contributed by atoms with E-state index in [-0.39, 0.29) is 15.5 Å². The summed E-state index contributed by atoms with van der Waals surface area (Å²) in [5, 5.41) is 16.6. The normalized spacial score (nSPS) is 11.3. The quantitative estimate of drug-likeness (QED) is 0.759. The van der Waals surface area contributed by atoms with Gasteiger partial charge in [-0.2, -0.15) is 0 Å². The summed E-state index contributed by atoms with van der Waals surface area (Å²) >= 11 is 0.898. The van der Waals surface area contributed by atoms with Gasteiger partial charge in [-0.1, -0.05) is 0 Å². The zero-order valence-corrected chi connectivity index (χ0v) is 12.4. The lowest BCUT2D eigenvalue weighted by atomic mass is 10.4. The molecule has 0 radical (unpaired) electrons. The molecule has 0 aliphatic carbocycles. The van der Waals surface area contributed by atoms with E-state index < -0.39 is 21.9 Å². The first-order valence-corrected chi connectivity index (χ1v) is 7.88. The number of hydrogen-bond donors (Lipinski definition) is 3. The molecule has 0 aliphatic rings. The summed E-state index contributed by atoms with van der Waals surface area (Å²) in [5.41, 5.74) is 0.0873. The minimum atomic E-state index is -3.89. The van der Waals surface area contributed by atoms with Crippen molar-refractivity contribution in [1.82, 2.24) is 4.57 Å². The number of nitrogens with zero attached hydrogens (tertiary/aromatic N) is 1. The maximum absolute atomic E-state index is 12.0. The highest BCUT2D eigenvalue weighted by molar-refractivity contribution is 7.89. The molecule has 2 heterocycles.